The summed E-state index contributed by atoms with van der Waals surface area (Å²) in [4.78, 5) is 20.0. The molecule has 0 atom stereocenters. The molecule has 4 aromatic rings. The number of hydrogen-bond acceptors (Lipinski definition) is 3. The van der Waals surface area contributed by atoms with Gasteiger partial charge in [-0.1, -0.05) is 84.9 Å². The number of rotatable bonds is 7. The third-order valence-corrected chi connectivity index (χ3v) is 6.58. The molecule has 0 radical (unpaired) electrons. The van der Waals surface area contributed by atoms with E-state index in [0.717, 1.165) is 39.3 Å². The van der Waals surface area contributed by atoms with Crippen LogP contribution in [0, 0.1) is 0 Å². The van der Waals surface area contributed by atoms with E-state index in [2.05, 4.69) is 101 Å². The van der Waals surface area contributed by atoms with Crippen LogP contribution >= 0.6 is 12.4 Å². The summed E-state index contributed by atoms with van der Waals surface area (Å²) in [7, 11) is 0. The minimum Gasteiger partial charge on any atom is -0.368 e. The molecular formula is C30H32ClN3O. The molecule has 0 N–H and O–H groups in total. The number of carbonyl (C=O) groups is 1. The van der Waals surface area contributed by atoms with E-state index < -0.39 is 0 Å². The fourth-order valence-electron chi connectivity index (χ4n) is 4.75. The molecule has 1 aliphatic rings. The first-order valence-corrected chi connectivity index (χ1v) is 12.1. The van der Waals surface area contributed by atoms with Gasteiger partial charge in [-0.2, -0.15) is 0 Å². The molecule has 0 bridgehead atoms. The maximum absolute atomic E-state index is 13.3. The van der Waals surface area contributed by atoms with Crippen LogP contribution in [0.25, 0.3) is 10.8 Å². The van der Waals surface area contributed by atoms with Crippen molar-refractivity contribution in [2.45, 2.75) is 13.1 Å². The van der Waals surface area contributed by atoms with E-state index in [9.17, 15) is 4.79 Å². The monoisotopic (exact) mass is 485 g/mol. The van der Waals surface area contributed by atoms with Crippen LogP contribution in [0.3, 0.4) is 0 Å². The van der Waals surface area contributed by atoms with Crippen molar-refractivity contribution >= 4 is 34.8 Å². The zero-order valence-corrected chi connectivity index (χ0v) is 20.7. The van der Waals surface area contributed by atoms with E-state index >= 15 is 0 Å². The minimum absolute atomic E-state index is 0. The lowest BCUT2D eigenvalue weighted by molar-refractivity contribution is -0.133. The molecule has 0 aliphatic carbocycles. The van der Waals surface area contributed by atoms with Crippen LogP contribution in [-0.2, 0) is 17.9 Å². The molecule has 0 spiro atoms. The van der Waals surface area contributed by atoms with Gasteiger partial charge >= 0.3 is 0 Å². The average Bonchev–Trinajstić information content (AvgIpc) is 2.90. The van der Waals surface area contributed by atoms with Gasteiger partial charge in [0.2, 0.25) is 5.91 Å². The molecule has 4 nitrogen and oxygen atoms in total. The summed E-state index contributed by atoms with van der Waals surface area (Å²) in [5, 5.41) is 2.48. The molecule has 0 saturated carbocycles. The summed E-state index contributed by atoms with van der Waals surface area (Å²) in [5.41, 5.74) is 3.69. The Balaban J connectivity index is 0.00000289. The number of fused-ring (bicyclic) bond motifs is 1. The first kappa shape index (κ1) is 24.8. The van der Waals surface area contributed by atoms with Gasteiger partial charge < -0.3 is 9.80 Å². The minimum atomic E-state index is 0. The maximum atomic E-state index is 13.3. The van der Waals surface area contributed by atoms with Gasteiger partial charge in [-0.3, -0.25) is 9.69 Å². The predicted molar refractivity (Wildman–Crippen MR) is 147 cm³/mol. The number of anilines is 1. The lowest BCUT2D eigenvalue weighted by Crippen LogP contribution is -2.51. The highest BCUT2D eigenvalue weighted by atomic mass is 35.5. The van der Waals surface area contributed by atoms with Gasteiger partial charge in [0, 0.05) is 45.0 Å². The number of carbonyl (C=O) groups excluding carboxylic acids is 1. The highest BCUT2D eigenvalue weighted by Gasteiger charge is 2.23. The van der Waals surface area contributed by atoms with E-state index in [1.54, 1.807) is 0 Å². The Morgan fingerprint density at radius 2 is 1.26 bits per heavy atom. The summed E-state index contributed by atoms with van der Waals surface area (Å²) >= 11 is 0. The summed E-state index contributed by atoms with van der Waals surface area (Å²) in [6, 6.07) is 35.9. The van der Waals surface area contributed by atoms with Gasteiger partial charge in [-0.05, 0) is 40.1 Å². The highest BCUT2D eigenvalue weighted by molar-refractivity contribution is 5.85. The van der Waals surface area contributed by atoms with Crippen LogP contribution in [-0.4, -0.2) is 48.4 Å². The van der Waals surface area contributed by atoms with Crippen molar-refractivity contribution in [2.24, 2.45) is 0 Å². The molecule has 5 heteroatoms. The van der Waals surface area contributed by atoms with Crippen molar-refractivity contribution in [2.75, 3.05) is 37.6 Å². The van der Waals surface area contributed by atoms with Crippen molar-refractivity contribution in [3.63, 3.8) is 0 Å². The molecule has 35 heavy (non-hydrogen) atoms. The highest BCUT2D eigenvalue weighted by Crippen LogP contribution is 2.19. The molecule has 1 amide bonds. The third kappa shape index (κ3) is 6.41. The molecule has 0 unspecified atom stereocenters. The van der Waals surface area contributed by atoms with Crippen LogP contribution < -0.4 is 4.90 Å². The number of amides is 1. The summed E-state index contributed by atoms with van der Waals surface area (Å²) in [6.07, 6.45) is 0. The van der Waals surface area contributed by atoms with Gasteiger partial charge in [0.1, 0.15) is 0 Å². The Morgan fingerprint density at radius 3 is 1.97 bits per heavy atom. The molecule has 1 fully saturated rings. The Labute approximate surface area is 214 Å². The standard InChI is InChI=1S/C30H31N3O.ClH/c34-30(33-19-17-32(18-20-33)29-13-5-2-6-14-29)24-31(22-25-9-3-1-4-10-25)23-26-15-16-27-11-7-8-12-28(27)21-26;/h1-16,21H,17-20,22-24H2;1H. The number of piperazine rings is 1. The van der Waals surface area contributed by atoms with Crippen LogP contribution in [0.1, 0.15) is 11.1 Å². The van der Waals surface area contributed by atoms with Crippen LogP contribution in [0.4, 0.5) is 5.69 Å². The van der Waals surface area contributed by atoms with E-state index in [-0.39, 0.29) is 18.3 Å². The van der Waals surface area contributed by atoms with Crippen molar-refractivity contribution in [1.82, 2.24) is 9.80 Å². The SMILES string of the molecule is Cl.O=C(CN(Cc1ccccc1)Cc1ccc2ccccc2c1)N1CCN(c2ccccc2)CC1. The second-order valence-corrected chi connectivity index (χ2v) is 9.02. The predicted octanol–water partition coefficient (Wildman–Crippen LogP) is 5.61. The van der Waals surface area contributed by atoms with Gasteiger partial charge in [0.05, 0.1) is 6.54 Å². The van der Waals surface area contributed by atoms with Crippen LogP contribution in [0.2, 0.25) is 0 Å². The fourth-order valence-corrected chi connectivity index (χ4v) is 4.75. The zero-order valence-electron chi connectivity index (χ0n) is 19.9. The maximum Gasteiger partial charge on any atom is 0.236 e. The first-order chi connectivity index (χ1) is 16.7. The van der Waals surface area contributed by atoms with Gasteiger partial charge in [0.15, 0.2) is 0 Å². The Kier molecular flexibility index (Phi) is 8.40. The van der Waals surface area contributed by atoms with E-state index in [4.69, 9.17) is 0 Å². The Hall–Kier alpha value is -3.34. The average molecular weight is 486 g/mol. The number of benzene rings is 4. The number of para-hydroxylation sites is 1. The molecule has 1 saturated heterocycles. The normalized spacial score (nSPS) is 13.6. The Morgan fingerprint density at radius 1 is 0.657 bits per heavy atom. The smallest absolute Gasteiger partial charge is 0.236 e. The lowest BCUT2D eigenvalue weighted by Gasteiger charge is -2.37. The van der Waals surface area contributed by atoms with Crippen LogP contribution in [0.5, 0.6) is 0 Å². The van der Waals surface area contributed by atoms with E-state index in [1.165, 1.54) is 27.6 Å². The molecule has 1 aliphatic heterocycles. The van der Waals surface area contributed by atoms with Crippen molar-refractivity contribution in [1.29, 1.82) is 0 Å². The third-order valence-electron chi connectivity index (χ3n) is 6.58. The van der Waals surface area contributed by atoms with Gasteiger partial charge in [-0.15, -0.1) is 12.4 Å². The molecule has 1 heterocycles. The first-order valence-electron chi connectivity index (χ1n) is 12.1. The lowest BCUT2D eigenvalue weighted by atomic mass is 10.1. The molecule has 0 aromatic heterocycles. The number of hydrogen-bond donors (Lipinski definition) is 0. The largest absolute Gasteiger partial charge is 0.368 e. The molecule has 180 valence electrons. The summed E-state index contributed by atoms with van der Waals surface area (Å²) in [5.74, 6) is 0.212. The number of nitrogens with zero attached hydrogens (tertiary/aromatic N) is 3. The van der Waals surface area contributed by atoms with E-state index in [0.29, 0.717) is 6.54 Å². The zero-order chi connectivity index (χ0) is 23.2. The quantitative estimate of drug-likeness (QED) is 0.340. The van der Waals surface area contributed by atoms with Crippen molar-refractivity contribution in [3.05, 3.63) is 114 Å². The summed E-state index contributed by atoms with van der Waals surface area (Å²) in [6.45, 7) is 5.20. The van der Waals surface area contributed by atoms with Gasteiger partial charge in [-0.25, -0.2) is 0 Å². The molecular weight excluding hydrogens is 454 g/mol. The second-order valence-electron chi connectivity index (χ2n) is 9.02. The fraction of sp³-hybridized carbons (Fsp3) is 0.233. The van der Waals surface area contributed by atoms with E-state index in [1.807, 2.05) is 17.0 Å². The Bertz CT molecular complexity index is 1220. The van der Waals surface area contributed by atoms with Crippen molar-refractivity contribution < 1.29 is 4.79 Å². The van der Waals surface area contributed by atoms with Crippen LogP contribution in [0.15, 0.2) is 103 Å². The number of halogens is 1. The topological polar surface area (TPSA) is 26.8 Å². The second kappa shape index (κ2) is 11.9. The van der Waals surface area contributed by atoms with Crippen molar-refractivity contribution in [3.8, 4) is 0 Å². The van der Waals surface area contributed by atoms with Gasteiger partial charge in [0.25, 0.3) is 0 Å². The molecule has 5 rings (SSSR count). The summed E-state index contributed by atoms with van der Waals surface area (Å²) < 4.78 is 0. The molecule has 4 aromatic carbocycles.